The van der Waals surface area contributed by atoms with E-state index in [0.717, 1.165) is 23.4 Å². The lowest BCUT2D eigenvalue weighted by Crippen LogP contribution is -2.21. The summed E-state index contributed by atoms with van der Waals surface area (Å²) in [5.41, 5.74) is 2.09. The number of amides is 1. The van der Waals surface area contributed by atoms with E-state index < -0.39 is 0 Å². The average Bonchev–Trinajstić information content (AvgIpc) is 2.63. The lowest BCUT2D eigenvalue weighted by atomic mass is 10.3. The number of hydrogen-bond donors (Lipinski definition) is 1. The number of imidazole rings is 1. The van der Waals surface area contributed by atoms with Crippen LogP contribution in [0.5, 0.6) is 0 Å². The van der Waals surface area contributed by atoms with E-state index in [0.29, 0.717) is 6.54 Å². The monoisotopic (exact) mass is 217 g/mol. The van der Waals surface area contributed by atoms with E-state index in [2.05, 4.69) is 21.8 Å². The van der Waals surface area contributed by atoms with Gasteiger partial charge in [-0.25, -0.2) is 4.98 Å². The van der Waals surface area contributed by atoms with Gasteiger partial charge in [0.05, 0.1) is 17.6 Å². The summed E-state index contributed by atoms with van der Waals surface area (Å²) in [7, 11) is 0. The Morgan fingerprint density at radius 2 is 2.19 bits per heavy atom. The number of carbonyl (C=O) groups is 1. The fraction of sp³-hybridized carbons (Fsp3) is 0.333. The first-order chi connectivity index (χ1) is 7.72. The van der Waals surface area contributed by atoms with E-state index in [1.807, 2.05) is 24.3 Å². The molecule has 1 aromatic heterocycles. The van der Waals surface area contributed by atoms with Crippen LogP contribution in [-0.2, 0) is 17.9 Å². The number of aryl methyl sites for hydroxylation is 1. The Bertz CT molecular complexity index is 516. The normalized spacial score (nSPS) is 10.6. The van der Waals surface area contributed by atoms with Gasteiger partial charge in [0, 0.05) is 13.5 Å². The highest BCUT2D eigenvalue weighted by Gasteiger charge is 2.08. The molecule has 0 atom stereocenters. The molecule has 4 heteroatoms. The van der Waals surface area contributed by atoms with Crippen LogP contribution in [0.2, 0.25) is 0 Å². The summed E-state index contributed by atoms with van der Waals surface area (Å²) < 4.78 is 2.12. The molecular weight excluding hydrogens is 202 g/mol. The zero-order chi connectivity index (χ0) is 11.5. The number of aromatic nitrogens is 2. The van der Waals surface area contributed by atoms with Crippen molar-refractivity contribution < 1.29 is 4.79 Å². The Hall–Kier alpha value is -1.84. The molecule has 1 aromatic carbocycles. The predicted octanol–water partition coefficient (Wildman–Crippen LogP) is 1.69. The molecule has 0 fully saturated rings. The predicted molar refractivity (Wildman–Crippen MR) is 62.9 cm³/mol. The van der Waals surface area contributed by atoms with Crippen LogP contribution < -0.4 is 5.32 Å². The third-order valence-electron chi connectivity index (χ3n) is 2.55. The molecule has 1 heterocycles. The van der Waals surface area contributed by atoms with Gasteiger partial charge in [0.15, 0.2) is 0 Å². The molecule has 0 spiro atoms. The van der Waals surface area contributed by atoms with Crippen LogP contribution in [-0.4, -0.2) is 15.5 Å². The van der Waals surface area contributed by atoms with E-state index in [9.17, 15) is 4.79 Å². The third kappa shape index (κ3) is 1.91. The second kappa shape index (κ2) is 4.35. The fourth-order valence-electron chi connectivity index (χ4n) is 1.82. The molecule has 0 aliphatic carbocycles. The van der Waals surface area contributed by atoms with Crippen LogP contribution in [0.3, 0.4) is 0 Å². The number of fused-ring (bicyclic) bond motifs is 1. The molecule has 84 valence electrons. The highest BCUT2D eigenvalue weighted by Crippen LogP contribution is 2.15. The van der Waals surface area contributed by atoms with Crippen molar-refractivity contribution in [3.63, 3.8) is 0 Å². The van der Waals surface area contributed by atoms with Crippen LogP contribution in [0.1, 0.15) is 19.7 Å². The molecule has 2 rings (SSSR count). The lowest BCUT2D eigenvalue weighted by molar-refractivity contribution is -0.119. The maximum Gasteiger partial charge on any atom is 0.217 e. The number of para-hydroxylation sites is 2. The van der Waals surface area contributed by atoms with E-state index in [1.54, 1.807) is 0 Å². The van der Waals surface area contributed by atoms with E-state index >= 15 is 0 Å². The number of nitrogens with one attached hydrogen (secondary N) is 1. The molecule has 0 aliphatic rings. The summed E-state index contributed by atoms with van der Waals surface area (Å²) in [5, 5.41) is 2.78. The van der Waals surface area contributed by atoms with Crippen molar-refractivity contribution in [2.24, 2.45) is 0 Å². The molecule has 2 aromatic rings. The summed E-state index contributed by atoms with van der Waals surface area (Å²) in [6.45, 7) is 4.93. The summed E-state index contributed by atoms with van der Waals surface area (Å²) in [4.78, 5) is 15.4. The molecule has 0 unspecified atom stereocenters. The lowest BCUT2D eigenvalue weighted by Gasteiger charge is -2.05. The average molecular weight is 217 g/mol. The smallest absolute Gasteiger partial charge is 0.217 e. The van der Waals surface area contributed by atoms with Crippen LogP contribution in [0, 0.1) is 0 Å². The maximum atomic E-state index is 10.9. The van der Waals surface area contributed by atoms with Crippen LogP contribution in [0.15, 0.2) is 24.3 Å². The fourth-order valence-corrected chi connectivity index (χ4v) is 1.82. The number of nitrogens with zero attached hydrogens (tertiary/aromatic N) is 2. The highest BCUT2D eigenvalue weighted by molar-refractivity contribution is 5.76. The van der Waals surface area contributed by atoms with E-state index in [-0.39, 0.29) is 5.91 Å². The van der Waals surface area contributed by atoms with Crippen molar-refractivity contribution in [1.82, 2.24) is 14.9 Å². The van der Waals surface area contributed by atoms with Crippen LogP contribution >= 0.6 is 0 Å². The maximum absolute atomic E-state index is 10.9. The van der Waals surface area contributed by atoms with Crippen LogP contribution in [0.25, 0.3) is 11.0 Å². The van der Waals surface area contributed by atoms with Gasteiger partial charge in [-0.15, -0.1) is 0 Å². The number of benzene rings is 1. The third-order valence-corrected chi connectivity index (χ3v) is 2.55. The first kappa shape index (κ1) is 10.7. The Morgan fingerprint density at radius 1 is 1.44 bits per heavy atom. The molecule has 0 bridgehead atoms. The summed E-state index contributed by atoms with van der Waals surface area (Å²) >= 11 is 0. The summed E-state index contributed by atoms with van der Waals surface area (Å²) in [6.07, 6.45) is 0. The standard InChI is InChI=1S/C12H15N3O/c1-3-15-11-7-5-4-6-10(11)14-12(15)8-13-9(2)16/h4-7H,3,8H2,1-2H3,(H,13,16). The van der Waals surface area contributed by atoms with Gasteiger partial charge in [-0.3, -0.25) is 4.79 Å². The quantitative estimate of drug-likeness (QED) is 0.850. The SMILES string of the molecule is CCn1c(CNC(C)=O)nc2ccccc21. The minimum Gasteiger partial charge on any atom is -0.349 e. The van der Waals surface area contributed by atoms with Gasteiger partial charge in [-0.1, -0.05) is 12.1 Å². The summed E-state index contributed by atoms with van der Waals surface area (Å²) in [5.74, 6) is 0.869. The Kier molecular flexibility index (Phi) is 2.90. The molecular formula is C12H15N3O. The van der Waals surface area contributed by atoms with Crippen molar-refractivity contribution in [1.29, 1.82) is 0 Å². The van der Waals surface area contributed by atoms with Crippen LogP contribution in [0.4, 0.5) is 0 Å². The Morgan fingerprint density at radius 3 is 2.88 bits per heavy atom. The first-order valence-corrected chi connectivity index (χ1v) is 5.41. The Labute approximate surface area is 94.3 Å². The van der Waals surface area contributed by atoms with Crippen molar-refractivity contribution in [2.45, 2.75) is 26.9 Å². The zero-order valence-corrected chi connectivity index (χ0v) is 9.53. The van der Waals surface area contributed by atoms with Crippen molar-refractivity contribution >= 4 is 16.9 Å². The van der Waals surface area contributed by atoms with Gasteiger partial charge in [0.1, 0.15) is 5.82 Å². The van der Waals surface area contributed by atoms with Crippen molar-refractivity contribution in [3.8, 4) is 0 Å². The van der Waals surface area contributed by atoms with Gasteiger partial charge in [0.2, 0.25) is 5.91 Å². The van der Waals surface area contributed by atoms with E-state index in [1.165, 1.54) is 6.92 Å². The van der Waals surface area contributed by atoms with Crippen molar-refractivity contribution in [2.75, 3.05) is 0 Å². The molecule has 1 amide bonds. The van der Waals surface area contributed by atoms with Gasteiger partial charge >= 0.3 is 0 Å². The van der Waals surface area contributed by atoms with Crippen molar-refractivity contribution in [3.05, 3.63) is 30.1 Å². The Balaban J connectivity index is 2.40. The topological polar surface area (TPSA) is 46.9 Å². The zero-order valence-electron chi connectivity index (χ0n) is 9.53. The molecule has 16 heavy (non-hydrogen) atoms. The molecule has 0 radical (unpaired) electrons. The number of hydrogen-bond acceptors (Lipinski definition) is 2. The first-order valence-electron chi connectivity index (χ1n) is 5.41. The number of carbonyl (C=O) groups excluding carboxylic acids is 1. The molecule has 4 nitrogen and oxygen atoms in total. The minimum atomic E-state index is -0.0327. The summed E-state index contributed by atoms with van der Waals surface area (Å²) in [6, 6.07) is 8.00. The minimum absolute atomic E-state index is 0.0327. The van der Waals surface area contributed by atoms with Gasteiger partial charge in [0.25, 0.3) is 0 Å². The molecule has 1 N–H and O–H groups in total. The second-order valence-corrected chi connectivity index (χ2v) is 3.67. The largest absolute Gasteiger partial charge is 0.349 e. The highest BCUT2D eigenvalue weighted by atomic mass is 16.1. The molecule has 0 aliphatic heterocycles. The number of rotatable bonds is 3. The second-order valence-electron chi connectivity index (χ2n) is 3.67. The van der Waals surface area contributed by atoms with Gasteiger partial charge < -0.3 is 9.88 Å². The molecule has 0 saturated carbocycles. The van der Waals surface area contributed by atoms with Gasteiger partial charge in [-0.05, 0) is 19.1 Å². The van der Waals surface area contributed by atoms with E-state index in [4.69, 9.17) is 0 Å². The molecule has 0 saturated heterocycles. The van der Waals surface area contributed by atoms with Gasteiger partial charge in [-0.2, -0.15) is 0 Å².